The van der Waals surface area contributed by atoms with Gasteiger partial charge in [-0.25, -0.2) is 4.98 Å². The number of aromatic nitrogens is 2. The highest BCUT2D eigenvalue weighted by Gasteiger charge is 2.48. The van der Waals surface area contributed by atoms with Crippen LogP contribution in [-0.2, 0) is 10.2 Å². The zero-order valence-electron chi connectivity index (χ0n) is 22.5. The first-order chi connectivity index (χ1) is 19.6. The smallest absolute Gasteiger partial charge is 0.387 e. The second kappa shape index (κ2) is 9.53. The largest absolute Gasteiger partial charge is 0.434 e. The van der Waals surface area contributed by atoms with Crippen LogP contribution in [0.1, 0.15) is 45.8 Å². The summed E-state index contributed by atoms with van der Waals surface area (Å²) in [6.07, 6.45) is 0.191. The summed E-state index contributed by atoms with van der Waals surface area (Å²) in [5, 5.41) is -2.10. The normalized spacial score (nSPS) is 18.7. The molecule has 42 heavy (non-hydrogen) atoms. The second-order valence-electron chi connectivity index (χ2n) is 10.9. The molecule has 208 valence electrons. The maximum Gasteiger partial charge on any atom is 0.387 e. The third kappa shape index (κ3) is 4.39. The number of amides is 1. The molecule has 0 saturated carbocycles. The van der Waals surface area contributed by atoms with Crippen molar-refractivity contribution in [3.8, 4) is 16.9 Å². The molecular formula is C28H21B3F4N3O3P. The molecule has 6 radical (unpaired) electrons. The van der Waals surface area contributed by atoms with Crippen molar-refractivity contribution in [2.24, 2.45) is 0 Å². The van der Waals surface area contributed by atoms with Gasteiger partial charge in [0.25, 0.3) is 5.91 Å². The average molecular weight is 587 g/mol. The standard InChI is InChI=1S/C28H21B3F4N3O3P/c1-42(2,40)27(34,35)16-9-6-14(7-10-16)15-8-11-18-19(12-15)37-20-13-21(24(37)36-18)38(28(29,30)31)25(39)17-4-3-5-22(23(17)20)41-26(32)33/h3-12,20-21,26H,13H2,1-2H3. The number of hydrogen-bond donors (Lipinski definition) is 0. The Labute approximate surface area is 243 Å². The van der Waals surface area contributed by atoms with E-state index in [0.29, 0.717) is 28.0 Å². The number of fused-ring (bicyclic) bond motifs is 9. The molecular weight excluding hydrogens is 566 g/mol. The predicted molar refractivity (Wildman–Crippen MR) is 153 cm³/mol. The van der Waals surface area contributed by atoms with Crippen molar-refractivity contribution in [2.45, 2.75) is 36.0 Å². The zero-order chi connectivity index (χ0) is 30.4. The molecule has 14 heteroatoms. The highest BCUT2D eigenvalue weighted by molar-refractivity contribution is 7.63. The van der Waals surface area contributed by atoms with Gasteiger partial charge in [0.15, 0.2) is 7.14 Å². The van der Waals surface area contributed by atoms with Crippen LogP contribution in [-0.4, -0.2) is 69.1 Å². The van der Waals surface area contributed by atoms with Gasteiger partial charge in [-0.2, -0.15) is 17.6 Å². The number of halogens is 4. The van der Waals surface area contributed by atoms with E-state index in [1.165, 1.54) is 42.5 Å². The molecule has 2 aliphatic heterocycles. The molecule has 0 spiro atoms. The number of hydrogen-bond acceptors (Lipinski definition) is 4. The molecule has 2 atom stereocenters. The Morgan fingerprint density at radius 3 is 2.29 bits per heavy atom. The highest BCUT2D eigenvalue weighted by atomic mass is 31.2. The molecule has 2 bridgehead atoms. The van der Waals surface area contributed by atoms with Gasteiger partial charge < -0.3 is 18.8 Å². The van der Waals surface area contributed by atoms with Gasteiger partial charge >= 0.3 is 12.3 Å². The molecule has 0 N–H and O–H groups in total. The minimum atomic E-state index is -3.74. The van der Waals surface area contributed by atoms with Crippen molar-refractivity contribution in [2.75, 3.05) is 13.3 Å². The Balaban J connectivity index is 1.52. The number of alkyl halides is 4. The van der Waals surface area contributed by atoms with E-state index in [4.69, 9.17) is 33.3 Å². The molecule has 3 aromatic carbocycles. The molecule has 1 aromatic heterocycles. The number of carbonyl (C=O) groups excluding carboxylic acids is 1. The third-order valence-electron chi connectivity index (χ3n) is 7.81. The van der Waals surface area contributed by atoms with Crippen LogP contribution in [0.4, 0.5) is 17.6 Å². The lowest BCUT2D eigenvalue weighted by Crippen LogP contribution is -2.54. The number of imidazole rings is 1. The van der Waals surface area contributed by atoms with Gasteiger partial charge in [0.05, 0.1) is 46.7 Å². The van der Waals surface area contributed by atoms with Crippen LogP contribution < -0.4 is 4.74 Å². The summed E-state index contributed by atoms with van der Waals surface area (Å²) in [6, 6.07) is 13.6. The fourth-order valence-corrected chi connectivity index (χ4v) is 6.68. The lowest BCUT2D eigenvalue weighted by molar-refractivity contribution is -0.0507. The molecule has 6 nitrogen and oxygen atoms in total. The number of benzene rings is 3. The van der Waals surface area contributed by atoms with Gasteiger partial charge in [0.1, 0.15) is 11.6 Å². The van der Waals surface area contributed by atoms with Crippen LogP contribution in [0.3, 0.4) is 0 Å². The van der Waals surface area contributed by atoms with Gasteiger partial charge in [0.2, 0.25) is 0 Å². The lowest BCUT2D eigenvalue weighted by atomic mass is 9.48. The minimum absolute atomic E-state index is 0.0654. The number of carbonyl (C=O) groups is 1. The fourth-order valence-electron chi connectivity index (χ4n) is 5.91. The number of nitrogens with zero attached hydrogens (tertiary/aromatic N) is 3. The lowest BCUT2D eigenvalue weighted by Gasteiger charge is -2.41. The average Bonchev–Trinajstić information content (AvgIpc) is 3.40. The Morgan fingerprint density at radius 2 is 1.67 bits per heavy atom. The highest BCUT2D eigenvalue weighted by Crippen LogP contribution is 2.60. The summed E-state index contributed by atoms with van der Waals surface area (Å²) in [4.78, 5) is 19.5. The molecule has 1 amide bonds. The van der Waals surface area contributed by atoms with E-state index in [-0.39, 0.29) is 28.9 Å². The van der Waals surface area contributed by atoms with Gasteiger partial charge in [-0.15, -0.1) is 0 Å². The minimum Gasteiger partial charge on any atom is -0.434 e. The topological polar surface area (TPSA) is 64.4 Å². The summed E-state index contributed by atoms with van der Waals surface area (Å²) >= 11 is 0. The van der Waals surface area contributed by atoms with Crippen LogP contribution in [0.5, 0.6) is 5.75 Å². The van der Waals surface area contributed by atoms with Crippen LogP contribution in [0.25, 0.3) is 22.2 Å². The Kier molecular flexibility index (Phi) is 6.50. The van der Waals surface area contributed by atoms with E-state index in [1.54, 1.807) is 18.2 Å². The van der Waals surface area contributed by atoms with Crippen molar-refractivity contribution < 1.29 is 31.7 Å². The van der Waals surface area contributed by atoms with Crippen molar-refractivity contribution in [1.29, 1.82) is 0 Å². The fraction of sp³-hybridized carbons (Fsp3) is 0.286. The maximum absolute atomic E-state index is 14.7. The molecule has 0 fully saturated rings. The summed E-state index contributed by atoms with van der Waals surface area (Å²) in [6.45, 7) is -1.05. The molecule has 0 saturated heterocycles. The Morgan fingerprint density at radius 1 is 1.00 bits per heavy atom. The molecule has 3 heterocycles. The molecule has 2 unspecified atom stereocenters. The quantitative estimate of drug-likeness (QED) is 0.168. The molecule has 2 aliphatic rings. The maximum atomic E-state index is 14.7. The van der Waals surface area contributed by atoms with E-state index in [9.17, 15) is 26.9 Å². The van der Waals surface area contributed by atoms with E-state index >= 15 is 0 Å². The van der Waals surface area contributed by atoms with Gasteiger partial charge in [0, 0.05) is 23.1 Å². The van der Waals surface area contributed by atoms with Crippen molar-refractivity contribution in [1.82, 2.24) is 14.5 Å². The Hall–Kier alpha value is -3.46. The summed E-state index contributed by atoms with van der Waals surface area (Å²) < 4.78 is 75.0. The van der Waals surface area contributed by atoms with Gasteiger partial charge in [-0.05, 0) is 48.7 Å². The van der Waals surface area contributed by atoms with Crippen molar-refractivity contribution in [3.63, 3.8) is 0 Å². The molecule has 6 rings (SSSR count). The number of ether oxygens (including phenoxy) is 1. The van der Waals surface area contributed by atoms with E-state index in [0.717, 1.165) is 18.2 Å². The summed E-state index contributed by atoms with van der Waals surface area (Å²) in [5.74, 6) is -0.422. The first-order valence-electron chi connectivity index (χ1n) is 12.9. The number of rotatable bonds is 6. The van der Waals surface area contributed by atoms with Crippen LogP contribution in [0, 0.1) is 0 Å². The first-order valence-corrected chi connectivity index (χ1v) is 15.5. The van der Waals surface area contributed by atoms with Crippen molar-refractivity contribution >= 4 is 47.6 Å². The molecule has 0 aliphatic carbocycles. The van der Waals surface area contributed by atoms with Crippen LogP contribution in [0.2, 0.25) is 0 Å². The summed E-state index contributed by atoms with van der Waals surface area (Å²) in [7, 11) is 14.4. The van der Waals surface area contributed by atoms with Gasteiger partial charge in [-0.1, -0.05) is 41.6 Å². The van der Waals surface area contributed by atoms with Crippen LogP contribution in [0.15, 0.2) is 60.7 Å². The zero-order valence-corrected chi connectivity index (χ0v) is 23.4. The second-order valence-corrected chi connectivity index (χ2v) is 14.2. The molecule has 4 aromatic rings. The predicted octanol–water partition coefficient (Wildman–Crippen LogP) is 5.58. The van der Waals surface area contributed by atoms with Crippen LogP contribution >= 0.6 is 7.14 Å². The van der Waals surface area contributed by atoms with E-state index in [2.05, 4.69) is 0 Å². The summed E-state index contributed by atoms with van der Waals surface area (Å²) in [5.41, 5.74) is -1.14. The van der Waals surface area contributed by atoms with Gasteiger partial charge in [-0.3, -0.25) is 4.79 Å². The van der Waals surface area contributed by atoms with Crippen molar-refractivity contribution in [3.05, 3.63) is 83.2 Å². The SMILES string of the molecule is [B]C([B])([B])N1C(=O)c2cccc(OC(F)F)c2C2CC1c1nc3ccc(-c4ccc(C(F)(F)P(C)(C)=O)cc4)cc3n12. The first kappa shape index (κ1) is 28.7. The third-order valence-corrected chi connectivity index (χ3v) is 9.42. The Bertz CT molecular complexity index is 1790. The van der Waals surface area contributed by atoms with E-state index < -0.39 is 42.6 Å². The van der Waals surface area contributed by atoms with E-state index in [1.807, 2.05) is 4.57 Å². The monoisotopic (exact) mass is 587 g/mol.